The van der Waals surface area contributed by atoms with Crippen molar-refractivity contribution in [3.05, 3.63) is 46.9 Å². The summed E-state index contributed by atoms with van der Waals surface area (Å²) in [5, 5.41) is 8.50. The summed E-state index contributed by atoms with van der Waals surface area (Å²) in [5.74, 6) is 0.173. The molecule has 0 bridgehead atoms. The number of aryl methyl sites for hydroxylation is 1. The van der Waals surface area contributed by atoms with Gasteiger partial charge in [0.1, 0.15) is 18.1 Å². The summed E-state index contributed by atoms with van der Waals surface area (Å²) in [5.41, 5.74) is 6.93. The summed E-state index contributed by atoms with van der Waals surface area (Å²) < 4.78 is 6.83. The number of nitrogens with two attached hydrogens (primary N) is 1. The fraction of sp³-hybridized carbons (Fsp3) is 0.235. The van der Waals surface area contributed by atoms with Gasteiger partial charge in [-0.25, -0.2) is 9.78 Å². The molecule has 3 rings (SSSR count). The Morgan fingerprint density at radius 1 is 1.46 bits per heavy atom. The highest BCUT2D eigenvalue weighted by atomic mass is 32.1. The topological polar surface area (TPSA) is 118 Å². The van der Waals surface area contributed by atoms with Crippen LogP contribution in [0.5, 0.6) is 5.75 Å². The number of rotatable bonds is 5. The van der Waals surface area contributed by atoms with Gasteiger partial charge in [-0.15, -0.1) is 11.3 Å². The zero-order valence-electron chi connectivity index (χ0n) is 14.4. The molecule has 0 fully saturated rings. The van der Waals surface area contributed by atoms with Crippen molar-refractivity contribution in [1.82, 2.24) is 20.9 Å². The minimum atomic E-state index is -0.551. The monoisotopic (exact) mass is 373 g/mol. The van der Waals surface area contributed by atoms with Gasteiger partial charge in [-0.3, -0.25) is 4.79 Å². The predicted octanol–water partition coefficient (Wildman–Crippen LogP) is 1.49. The second-order valence-corrected chi connectivity index (χ2v) is 7.13. The lowest BCUT2D eigenvalue weighted by Crippen LogP contribution is -2.49. The molecule has 5 N–H and O–H groups in total. The predicted molar refractivity (Wildman–Crippen MR) is 99.5 cm³/mol. The quantitative estimate of drug-likeness (QED) is 0.633. The largest absolute Gasteiger partial charge is 0.491 e. The molecule has 2 aromatic rings. The first kappa shape index (κ1) is 17.7. The third-order valence-corrected chi connectivity index (χ3v) is 4.62. The number of hydrogen-bond donors (Lipinski definition) is 4. The van der Waals surface area contributed by atoms with Gasteiger partial charge in [-0.2, -0.15) is 0 Å². The summed E-state index contributed by atoms with van der Waals surface area (Å²) in [6.45, 7) is 7.59. The number of thiazole rings is 1. The Morgan fingerprint density at radius 2 is 2.23 bits per heavy atom. The summed E-state index contributed by atoms with van der Waals surface area (Å²) in [4.78, 5) is 28.2. The van der Waals surface area contributed by atoms with Gasteiger partial charge < -0.3 is 26.4 Å². The lowest BCUT2D eigenvalue weighted by molar-refractivity contribution is -0.118. The standard InChI is InChI=1S/C17H19N5O3S/c1-8(19-16(23)15-14(18)9(2)20-17(24)22-15)7-25-11-4-5-13-12(6-11)21-10(3)26-13/h4-6,8H,2,7,18H2,1,3H3,(H,19,23)(H2,20,22,24)/t8-/m1/s1. The Balaban J connectivity index is 1.60. The van der Waals surface area contributed by atoms with E-state index in [9.17, 15) is 9.59 Å². The third-order valence-electron chi connectivity index (χ3n) is 3.67. The van der Waals surface area contributed by atoms with Crippen molar-refractivity contribution in [2.45, 2.75) is 19.9 Å². The van der Waals surface area contributed by atoms with Crippen molar-refractivity contribution in [3.8, 4) is 5.75 Å². The Bertz CT molecular complexity index is 934. The molecule has 0 spiro atoms. The zero-order chi connectivity index (χ0) is 18.8. The van der Waals surface area contributed by atoms with Gasteiger partial charge in [0.05, 0.1) is 32.7 Å². The van der Waals surface area contributed by atoms with Crippen LogP contribution < -0.4 is 26.4 Å². The number of fused-ring (bicyclic) bond motifs is 1. The fourth-order valence-corrected chi connectivity index (χ4v) is 3.23. The maximum absolute atomic E-state index is 12.3. The molecule has 2 heterocycles. The molecule has 0 unspecified atom stereocenters. The maximum atomic E-state index is 12.3. The SMILES string of the molecule is C=C1NC(=O)NC(C(=O)N[C@H](C)COc2ccc3sc(C)nc3c2)=C1N. The Labute approximate surface area is 154 Å². The van der Waals surface area contributed by atoms with Crippen LogP contribution in [0.25, 0.3) is 10.2 Å². The average Bonchev–Trinajstić information content (AvgIpc) is 2.95. The van der Waals surface area contributed by atoms with Crippen molar-refractivity contribution in [2.24, 2.45) is 5.73 Å². The Hall–Kier alpha value is -3.07. The second-order valence-electron chi connectivity index (χ2n) is 5.89. The van der Waals surface area contributed by atoms with E-state index >= 15 is 0 Å². The van der Waals surface area contributed by atoms with Gasteiger partial charge in [-0.05, 0) is 26.0 Å². The van der Waals surface area contributed by atoms with Crippen LogP contribution in [-0.4, -0.2) is 29.6 Å². The first-order valence-corrected chi connectivity index (χ1v) is 8.73. The summed E-state index contributed by atoms with van der Waals surface area (Å²) in [6.07, 6.45) is 0. The molecule has 0 saturated carbocycles. The summed E-state index contributed by atoms with van der Waals surface area (Å²) in [7, 11) is 0. The number of nitrogens with zero attached hydrogens (tertiary/aromatic N) is 1. The van der Waals surface area contributed by atoms with Crippen LogP contribution >= 0.6 is 11.3 Å². The molecule has 0 radical (unpaired) electrons. The number of benzene rings is 1. The highest BCUT2D eigenvalue weighted by molar-refractivity contribution is 7.18. The molecule has 8 nitrogen and oxygen atoms in total. The van der Waals surface area contributed by atoms with Crippen molar-refractivity contribution >= 4 is 33.5 Å². The van der Waals surface area contributed by atoms with Crippen LogP contribution in [0.3, 0.4) is 0 Å². The number of nitrogens with one attached hydrogen (secondary N) is 3. The van der Waals surface area contributed by atoms with E-state index in [4.69, 9.17) is 10.5 Å². The molecule has 0 saturated heterocycles. The number of hydrogen-bond acceptors (Lipinski definition) is 6. The van der Waals surface area contributed by atoms with Crippen molar-refractivity contribution in [1.29, 1.82) is 0 Å². The number of carbonyl (C=O) groups is 2. The third kappa shape index (κ3) is 3.77. The fourth-order valence-electron chi connectivity index (χ4n) is 2.42. The van der Waals surface area contributed by atoms with E-state index in [1.54, 1.807) is 18.3 Å². The van der Waals surface area contributed by atoms with E-state index in [0.29, 0.717) is 5.75 Å². The highest BCUT2D eigenvalue weighted by Crippen LogP contribution is 2.25. The molecular formula is C17H19N5O3S. The van der Waals surface area contributed by atoms with Gasteiger partial charge in [0.15, 0.2) is 0 Å². The Morgan fingerprint density at radius 3 is 3.00 bits per heavy atom. The van der Waals surface area contributed by atoms with Crippen LogP contribution in [0.15, 0.2) is 41.9 Å². The Kier molecular flexibility index (Phi) is 4.81. The molecule has 0 aliphatic carbocycles. The maximum Gasteiger partial charge on any atom is 0.323 e. The lowest BCUT2D eigenvalue weighted by Gasteiger charge is -2.22. The second kappa shape index (κ2) is 7.04. The van der Waals surface area contributed by atoms with E-state index < -0.39 is 11.9 Å². The summed E-state index contributed by atoms with van der Waals surface area (Å²) >= 11 is 1.62. The normalized spacial score (nSPS) is 15.5. The van der Waals surface area contributed by atoms with Crippen LogP contribution in [0.2, 0.25) is 0 Å². The van der Waals surface area contributed by atoms with Crippen molar-refractivity contribution in [2.75, 3.05) is 6.61 Å². The lowest BCUT2D eigenvalue weighted by atomic mass is 10.2. The van der Waals surface area contributed by atoms with Gasteiger partial charge >= 0.3 is 6.03 Å². The molecule has 1 aliphatic rings. The van der Waals surface area contributed by atoms with Gasteiger partial charge in [-0.1, -0.05) is 6.58 Å². The minimum Gasteiger partial charge on any atom is -0.491 e. The first-order chi connectivity index (χ1) is 12.3. The van der Waals surface area contributed by atoms with Crippen LogP contribution in [0, 0.1) is 6.92 Å². The van der Waals surface area contributed by atoms with E-state index in [1.807, 2.05) is 25.1 Å². The molecule has 1 aromatic carbocycles. The van der Waals surface area contributed by atoms with Crippen LogP contribution in [0.1, 0.15) is 11.9 Å². The van der Waals surface area contributed by atoms with Gasteiger partial charge in [0.2, 0.25) is 0 Å². The van der Waals surface area contributed by atoms with Crippen LogP contribution in [-0.2, 0) is 4.79 Å². The smallest absolute Gasteiger partial charge is 0.323 e. The first-order valence-electron chi connectivity index (χ1n) is 7.91. The van der Waals surface area contributed by atoms with E-state index in [1.165, 1.54) is 0 Å². The number of amides is 3. The molecule has 1 atom stereocenters. The van der Waals surface area contributed by atoms with Crippen LogP contribution in [0.4, 0.5) is 4.79 Å². The minimum absolute atomic E-state index is 0.0232. The zero-order valence-corrected chi connectivity index (χ0v) is 15.2. The average molecular weight is 373 g/mol. The molecule has 1 aliphatic heterocycles. The van der Waals surface area contributed by atoms with E-state index in [-0.39, 0.29) is 29.7 Å². The van der Waals surface area contributed by atoms with Gasteiger partial charge in [0, 0.05) is 6.07 Å². The number of ether oxygens (including phenoxy) is 1. The van der Waals surface area contributed by atoms with E-state index in [2.05, 4.69) is 27.5 Å². The molecular weight excluding hydrogens is 354 g/mol. The molecule has 136 valence electrons. The highest BCUT2D eigenvalue weighted by Gasteiger charge is 2.24. The molecule has 26 heavy (non-hydrogen) atoms. The van der Waals surface area contributed by atoms with Crippen molar-refractivity contribution < 1.29 is 14.3 Å². The van der Waals surface area contributed by atoms with E-state index in [0.717, 1.165) is 15.2 Å². The van der Waals surface area contributed by atoms with Crippen molar-refractivity contribution in [3.63, 3.8) is 0 Å². The summed E-state index contributed by atoms with van der Waals surface area (Å²) in [6, 6.07) is 4.83. The molecule has 3 amide bonds. The number of aromatic nitrogens is 1. The number of carbonyl (C=O) groups excluding carboxylic acids is 2. The molecule has 9 heteroatoms. The van der Waals surface area contributed by atoms with Gasteiger partial charge in [0.25, 0.3) is 5.91 Å². The number of urea groups is 1. The molecule has 1 aromatic heterocycles.